The summed E-state index contributed by atoms with van der Waals surface area (Å²) in [5.74, 6) is 4.35. The van der Waals surface area contributed by atoms with Crippen LogP contribution in [-0.4, -0.2) is 41.7 Å². The van der Waals surface area contributed by atoms with Crippen molar-refractivity contribution < 1.29 is 4.74 Å². The number of ether oxygens (including phenoxy) is 1. The van der Waals surface area contributed by atoms with Crippen molar-refractivity contribution in [1.29, 1.82) is 0 Å². The van der Waals surface area contributed by atoms with Crippen molar-refractivity contribution in [2.24, 2.45) is 0 Å². The fraction of sp³-hybridized carbons (Fsp3) is 0.238. The first-order valence-corrected chi connectivity index (χ1v) is 10.6. The van der Waals surface area contributed by atoms with Gasteiger partial charge in [0.15, 0.2) is 0 Å². The molecule has 0 bridgehead atoms. The van der Waals surface area contributed by atoms with E-state index in [-0.39, 0.29) is 0 Å². The van der Waals surface area contributed by atoms with Crippen LogP contribution in [0.25, 0.3) is 11.3 Å². The lowest BCUT2D eigenvalue weighted by Gasteiger charge is -2.28. The minimum Gasteiger partial charge on any atom is -0.495 e. The van der Waals surface area contributed by atoms with Gasteiger partial charge in [0.1, 0.15) is 11.6 Å². The van der Waals surface area contributed by atoms with Gasteiger partial charge in [-0.05, 0) is 18.2 Å². The Morgan fingerprint density at radius 2 is 1.82 bits per heavy atom. The second kappa shape index (κ2) is 8.71. The van der Waals surface area contributed by atoms with Gasteiger partial charge >= 0.3 is 0 Å². The van der Waals surface area contributed by atoms with Crippen LogP contribution in [0.2, 0.25) is 5.02 Å². The minimum absolute atomic E-state index is 0.542. The number of hydrogen-bond acceptors (Lipinski definition) is 6. The van der Waals surface area contributed by atoms with Crippen molar-refractivity contribution in [3.63, 3.8) is 0 Å². The van der Waals surface area contributed by atoms with Crippen molar-refractivity contribution in [2.45, 2.75) is 0 Å². The van der Waals surface area contributed by atoms with Gasteiger partial charge in [0.25, 0.3) is 0 Å². The summed E-state index contributed by atoms with van der Waals surface area (Å²) in [4.78, 5) is 11.8. The summed E-state index contributed by atoms with van der Waals surface area (Å²) in [6, 6.07) is 17.8. The molecule has 0 saturated carbocycles. The largest absolute Gasteiger partial charge is 0.495 e. The smallest absolute Gasteiger partial charge is 0.229 e. The van der Waals surface area contributed by atoms with Crippen LogP contribution in [0.1, 0.15) is 0 Å². The highest BCUT2D eigenvalue weighted by Gasteiger charge is 2.16. The van der Waals surface area contributed by atoms with Gasteiger partial charge in [0.2, 0.25) is 5.95 Å². The summed E-state index contributed by atoms with van der Waals surface area (Å²) in [5.41, 5.74) is 2.77. The predicted octanol–water partition coefficient (Wildman–Crippen LogP) is 5.10. The lowest BCUT2D eigenvalue weighted by Crippen LogP contribution is -2.33. The van der Waals surface area contributed by atoms with Gasteiger partial charge in [-0.15, -0.1) is 0 Å². The van der Waals surface area contributed by atoms with Crippen molar-refractivity contribution in [1.82, 2.24) is 9.97 Å². The number of thioether (sulfide) groups is 1. The third-order valence-electron chi connectivity index (χ3n) is 4.53. The molecule has 5 nitrogen and oxygen atoms in total. The van der Waals surface area contributed by atoms with Gasteiger partial charge in [-0.3, -0.25) is 0 Å². The number of rotatable bonds is 5. The molecule has 7 heteroatoms. The van der Waals surface area contributed by atoms with E-state index in [0.717, 1.165) is 47.4 Å². The molecule has 28 heavy (non-hydrogen) atoms. The van der Waals surface area contributed by atoms with Gasteiger partial charge in [0.05, 0.1) is 17.8 Å². The topological polar surface area (TPSA) is 50.3 Å². The molecule has 0 aliphatic carbocycles. The normalized spacial score (nSPS) is 14.0. The fourth-order valence-electron chi connectivity index (χ4n) is 3.07. The van der Waals surface area contributed by atoms with Gasteiger partial charge in [-0.1, -0.05) is 41.9 Å². The Balaban J connectivity index is 1.70. The predicted molar refractivity (Wildman–Crippen MR) is 118 cm³/mol. The number of halogens is 1. The van der Waals surface area contributed by atoms with Crippen LogP contribution < -0.4 is 15.0 Å². The van der Waals surface area contributed by atoms with Crippen LogP contribution in [-0.2, 0) is 0 Å². The van der Waals surface area contributed by atoms with Crippen molar-refractivity contribution in [3.05, 3.63) is 59.6 Å². The van der Waals surface area contributed by atoms with Gasteiger partial charge in [-0.25, -0.2) is 4.98 Å². The molecule has 0 radical (unpaired) electrons. The zero-order valence-electron chi connectivity index (χ0n) is 15.6. The molecule has 0 amide bonds. The summed E-state index contributed by atoms with van der Waals surface area (Å²) in [5, 5.41) is 3.83. The third kappa shape index (κ3) is 4.34. The first-order chi connectivity index (χ1) is 13.7. The van der Waals surface area contributed by atoms with Gasteiger partial charge in [-0.2, -0.15) is 16.7 Å². The van der Waals surface area contributed by atoms with E-state index in [2.05, 4.69) is 28.4 Å². The highest BCUT2D eigenvalue weighted by atomic mass is 35.5. The van der Waals surface area contributed by atoms with E-state index in [9.17, 15) is 0 Å². The zero-order chi connectivity index (χ0) is 19.3. The molecule has 1 aliphatic heterocycles. The Labute approximate surface area is 174 Å². The number of nitrogens with one attached hydrogen (secondary N) is 1. The van der Waals surface area contributed by atoms with E-state index in [1.54, 1.807) is 7.11 Å². The Morgan fingerprint density at radius 3 is 2.54 bits per heavy atom. The van der Waals surface area contributed by atoms with E-state index in [1.807, 2.05) is 48.2 Å². The molecule has 2 heterocycles. The molecule has 0 spiro atoms. The maximum atomic E-state index is 6.26. The van der Waals surface area contributed by atoms with Crippen LogP contribution in [0, 0.1) is 0 Å². The number of methoxy groups -OCH3 is 1. The van der Waals surface area contributed by atoms with Crippen LogP contribution in [0.4, 0.5) is 17.5 Å². The van der Waals surface area contributed by atoms with Crippen LogP contribution in [0.15, 0.2) is 54.6 Å². The monoisotopic (exact) mass is 412 g/mol. The van der Waals surface area contributed by atoms with Crippen LogP contribution >= 0.6 is 23.4 Å². The average Bonchev–Trinajstić information content (AvgIpc) is 2.75. The molecule has 1 aromatic heterocycles. The van der Waals surface area contributed by atoms with Crippen molar-refractivity contribution in [2.75, 3.05) is 41.9 Å². The summed E-state index contributed by atoms with van der Waals surface area (Å²) in [6.45, 7) is 1.98. The molecule has 144 valence electrons. The second-order valence-electron chi connectivity index (χ2n) is 6.37. The molecule has 1 N–H and O–H groups in total. The van der Waals surface area contributed by atoms with E-state index in [1.165, 1.54) is 0 Å². The molecule has 2 aromatic carbocycles. The Bertz CT molecular complexity index is 948. The average molecular weight is 413 g/mol. The number of nitrogens with zero attached hydrogens (tertiary/aromatic N) is 3. The second-order valence-corrected chi connectivity index (χ2v) is 8.01. The highest BCUT2D eigenvalue weighted by Crippen LogP contribution is 2.30. The van der Waals surface area contributed by atoms with E-state index < -0.39 is 0 Å². The lowest BCUT2D eigenvalue weighted by atomic mass is 10.1. The molecular weight excluding hydrogens is 392 g/mol. The molecular formula is C21H21ClN4OS. The Kier molecular flexibility index (Phi) is 5.88. The standard InChI is InChI=1S/C21H21ClN4OS/c1-27-19-8-7-16(13-17(19)22)23-21-24-18(15-5-3-2-4-6-15)14-20(25-21)26-9-11-28-12-10-26/h2-8,13-14H,9-12H2,1H3,(H,23,24,25). The molecule has 0 atom stereocenters. The third-order valence-corrected chi connectivity index (χ3v) is 5.76. The first-order valence-electron chi connectivity index (χ1n) is 9.11. The molecule has 0 unspecified atom stereocenters. The molecule has 4 rings (SSSR count). The maximum Gasteiger partial charge on any atom is 0.229 e. The molecule has 3 aromatic rings. The Morgan fingerprint density at radius 1 is 1.04 bits per heavy atom. The molecule has 1 fully saturated rings. The number of benzene rings is 2. The van der Waals surface area contributed by atoms with Gasteiger partial charge in [0, 0.05) is 41.9 Å². The quantitative estimate of drug-likeness (QED) is 0.629. The minimum atomic E-state index is 0.542. The summed E-state index contributed by atoms with van der Waals surface area (Å²) in [7, 11) is 1.60. The van der Waals surface area contributed by atoms with Crippen LogP contribution in [0.5, 0.6) is 5.75 Å². The van der Waals surface area contributed by atoms with E-state index in [4.69, 9.17) is 26.3 Å². The summed E-state index contributed by atoms with van der Waals surface area (Å²) < 4.78 is 5.23. The number of anilines is 3. The van der Waals surface area contributed by atoms with Crippen molar-refractivity contribution >= 4 is 40.8 Å². The summed E-state index contributed by atoms with van der Waals surface area (Å²) in [6.07, 6.45) is 0. The highest BCUT2D eigenvalue weighted by molar-refractivity contribution is 7.99. The van der Waals surface area contributed by atoms with E-state index >= 15 is 0 Å². The lowest BCUT2D eigenvalue weighted by molar-refractivity contribution is 0.415. The Hall–Kier alpha value is -2.44. The van der Waals surface area contributed by atoms with Crippen LogP contribution in [0.3, 0.4) is 0 Å². The van der Waals surface area contributed by atoms with Gasteiger partial charge < -0.3 is 15.0 Å². The fourth-order valence-corrected chi connectivity index (χ4v) is 4.24. The maximum absolute atomic E-state index is 6.26. The molecule has 1 saturated heterocycles. The number of hydrogen-bond donors (Lipinski definition) is 1. The summed E-state index contributed by atoms with van der Waals surface area (Å²) >= 11 is 8.24. The first kappa shape index (κ1) is 18.9. The zero-order valence-corrected chi connectivity index (χ0v) is 17.1. The number of aromatic nitrogens is 2. The van der Waals surface area contributed by atoms with E-state index in [0.29, 0.717) is 16.7 Å². The molecule has 1 aliphatic rings. The SMILES string of the molecule is COc1ccc(Nc2nc(-c3ccccc3)cc(N3CCSCC3)n2)cc1Cl. The van der Waals surface area contributed by atoms with Crippen molar-refractivity contribution in [3.8, 4) is 17.0 Å².